The number of urea groups is 1. The van der Waals surface area contributed by atoms with E-state index >= 15 is 0 Å². The molecule has 0 fully saturated rings. The summed E-state index contributed by atoms with van der Waals surface area (Å²) in [5.74, 6) is -0.300. The van der Waals surface area contributed by atoms with Gasteiger partial charge in [0.1, 0.15) is 11.8 Å². The van der Waals surface area contributed by atoms with E-state index in [1.54, 1.807) is 14.2 Å². The fourth-order valence-corrected chi connectivity index (χ4v) is 4.12. The number of aliphatic carboxylic acids is 1. The van der Waals surface area contributed by atoms with E-state index in [0.717, 1.165) is 52.7 Å². The molecule has 190 valence electrons. The van der Waals surface area contributed by atoms with Crippen LogP contribution < -0.4 is 10.1 Å². The molecule has 3 aromatic rings. The van der Waals surface area contributed by atoms with Crippen molar-refractivity contribution < 1.29 is 19.4 Å². The number of allylic oxidation sites excluding steroid dienone is 1. The third kappa shape index (κ3) is 7.31. The SMILES string of the molecule is C=CCCCCN(C)C(=O)N[C@@H](CCCc1cc(-c2ccccc2)nc2cc(OC)ccc12)C(=O)O. The van der Waals surface area contributed by atoms with E-state index in [2.05, 4.69) is 18.0 Å². The number of hydrogen-bond acceptors (Lipinski definition) is 4. The van der Waals surface area contributed by atoms with Crippen LogP contribution in [0.5, 0.6) is 5.75 Å². The van der Waals surface area contributed by atoms with Gasteiger partial charge in [0, 0.05) is 30.6 Å². The number of carboxylic acids is 1. The lowest BCUT2D eigenvalue weighted by Gasteiger charge is -2.21. The summed E-state index contributed by atoms with van der Waals surface area (Å²) in [6.07, 6.45) is 6.12. The van der Waals surface area contributed by atoms with Gasteiger partial charge in [0.25, 0.3) is 0 Å². The zero-order valence-corrected chi connectivity index (χ0v) is 21.1. The number of unbranched alkanes of at least 4 members (excludes halogenated alkanes) is 2. The smallest absolute Gasteiger partial charge is 0.326 e. The van der Waals surface area contributed by atoms with Crippen LogP contribution in [0.3, 0.4) is 0 Å². The zero-order valence-electron chi connectivity index (χ0n) is 21.1. The number of methoxy groups -OCH3 is 1. The molecule has 3 rings (SSSR count). The lowest BCUT2D eigenvalue weighted by atomic mass is 9.98. The second kappa shape index (κ2) is 13.3. The molecule has 7 heteroatoms. The summed E-state index contributed by atoms with van der Waals surface area (Å²) in [4.78, 5) is 30.7. The van der Waals surface area contributed by atoms with Gasteiger partial charge in [-0.1, -0.05) is 36.4 Å². The maximum atomic E-state index is 12.5. The molecular weight excluding hydrogens is 454 g/mol. The molecule has 0 aliphatic carbocycles. The number of carboxylic acid groups (broad SMARTS) is 1. The molecule has 0 saturated heterocycles. The number of ether oxygens (including phenoxy) is 1. The number of pyridine rings is 1. The highest BCUT2D eigenvalue weighted by Gasteiger charge is 2.21. The first-order valence-corrected chi connectivity index (χ1v) is 12.3. The van der Waals surface area contributed by atoms with Crippen molar-refractivity contribution in [2.45, 2.75) is 44.6 Å². The second-order valence-corrected chi connectivity index (χ2v) is 8.85. The highest BCUT2D eigenvalue weighted by molar-refractivity contribution is 5.86. The molecule has 2 amide bonds. The molecule has 7 nitrogen and oxygen atoms in total. The van der Waals surface area contributed by atoms with Crippen LogP contribution in [0.25, 0.3) is 22.2 Å². The quantitative estimate of drug-likeness (QED) is 0.238. The van der Waals surface area contributed by atoms with Crippen LogP contribution in [-0.2, 0) is 11.2 Å². The van der Waals surface area contributed by atoms with E-state index in [4.69, 9.17) is 9.72 Å². The molecular formula is C29H35N3O4. The first kappa shape index (κ1) is 26.7. The molecule has 0 aliphatic heterocycles. The molecule has 36 heavy (non-hydrogen) atoms. The average Bonchev–Trinajstić information content (AvgIpc) is 2.90. The van der Waals surface area contributed by atoms with Crippen LogP contribution in [-0.4, -0.2) is 53.7 Å². The van der Waals surface area contributed by atoms with Crippen LogP contribution in [0.1, 0.15) is 37.7 Å². The van der Waals surface area contributed by atoms with Crippen molar-refractivity contribution in [2.24, 2.45) is 0 Å². The molecule has 1 aromatic heterocycles. The Morgan fingerprint density at radius 3 is 2.61 bits per heavy atom. The van der Waals surface area contributed by atoms with Crippen molar-refractivity contribution in [1.82, 2.24) is 15.2 Å². The number of aromatic nitrogens is 1. The molecule has 1 atom stereocenters. The van der Waals surface area contributed by atoms with Crippen LogP contribution >= 0.6 is 0 Å². The summed E-state index contributed by atoms with van der Waals surface area (Å²) in [5, 5.41) is 13.4. The minimum Gasteiger partial charge on any atom is -0.497 e. The second-order valence-electron chi connectivity index (χ2n) is 8.85. The van der Waals surface area contributed by atoms with Gasteiger partial charge in [-0.2, -0.15) is 0 Å². The molecule has 0 bridgehead atoms. The van der Waals surface area contributed by atoms with Crippen LogP contribution in [0.15, 0.2) is 67.3 Å². The van der Waals surface area contributed by atoms with Crippen molar-refractivity contribution in [3.63, 3.8) is 0 Å². The highest BCUT2D eigenvalue weighted by atomic mass is 16.5. The Bertz CT molecular complexity index is 1180. The van der Waals surface area contributed by atoms with Crippen molar-refractivity contribution in [1.29, 1.82) is 0 Å². The summed E-state index contributed by atoms with van der Waals surface area (Å²) in [6, 6.07) is 16.5. The Kier molecular flexibility index (Phi) is 9.86. The van der Waals surface area contributed by atoms with Crippen molar-refractivity contribution >= 4 is 22.9 Å². The molecule has 0 aliphatic rings. The van der Waals surface area contributed by atoms with Gasteiger partial charge in [-0.15, -0.1) is 6.58 Å². The number of rotatable bonds is 13. The normalized spacial score (nSPS) is 11.6. The molecule has 1 heterocycles. The Hall–Kier alpha value is -3.87. The van der Waals surface area contributed by atoms with E-state index in [1.807, 2.05) is 54.6 Å². The van der Waals surface area contributed by atoms with Crippen LogP contribution in [0, 0.1) is 0 Å². The summed E-state index contributed by atoms with van der Waals surface area (Å²) < 4.78 is 5.39. The lowest BCUT2D eigenvalue weighted by Crippen LogP contribution is -2.46. The highest BCUT2D eigenvalue weighted by Crippen LogP contribution is 2.28. The maximum Gasteiger partial charge on any atom is 0.326 e. The topological polar surface area (TPSA) is 91.8 Å². The van der Waals surface area contributed by atoms with E-state index in [-0.39, 0.29) is 6.03 Å². The standard InChI is InChI=1S/C29H35N3O4/c1-4-5-6-10-18-32(2)29(35)31-25(28(33)34)15-11-14-22-19-26(21-12-8-7-9-13-21)30-27-20-23(36-3)16-17-24(22)27/h4,7-9,12-13,16-17,19-20,25H,1,5-6,10-11,14-15,18H2,2-3H3,(H,31,35)(H,33,34)/t25-/m0/s1. The van der Waals surface area contributed by atoms with Crippen molar-refractivity contribution in [2.75, 3.05) is 20.7 Å². The van der Waals surface area contributed by atoms with Gasteiger partial charge in [-0.3, -0.25) is 0 Å². The largest absolute Gasteiger partial charge is 0.497 e. The Balaban J connectivity index is 1.71. The van der Waals surface area contributed by atoms with Gasteiger partial charge in [-0.05, 0) is 62.3 Å². The van der Waals surface area contributed by atoms with Gasteiger partial charge in [-0.25, -0.2) is 14.6 Å². The number of benzene rings is 2. The molecule has 0 unspecified atom stereocenters. The van der Waals surface area contributed by atoms with E-state index in [1.165, 1.54) is 4.90 Å². The van der Waals surface area contributed by atoms with Crippen LogP contribution in [0.4, 0.5) is 4.79 Å². The fourth-order valence-electron chi connectivity index (χ4n) is 4.12. The Morgan fingerprint density at radius 2 is 1.92 bits per heavy atom. The van der Waals surface area contributed by atoms with E-state index < -0.39 is 12.0 Å². The van der Waals surface area contributed by atoms with Gasteiger partial charge < -0.3 is 20.1 Å². The summed E-state index contributed by atoms with van der Waals surface area (Å²) in [6.45, 7) is 4.27. The van der Waals surface area contributed by atoms with Gasteiger partial charge in [0.2, 0.25) is 0 Å². The average molecular weight is 490 g/mol. The third-order valence-electron chi connectivity index (χ3n) is 6.21. The maximum absolute atomic E-state index is 12.5. The lowest BCUT2D eigenvalue weighted by molar-refractivity contribution is -0.139. The first-order chi connectivity index (χ1) is 17.4. The first-order valence-electron chi connectivity index (χ1n) is 12.3. The molecule has 2 N–H and O–H groups in total. The fraction of sp³-hybridized carbons (Fsp3) is 0.345. The predicted octanol–water partition coefficient (Wildman–Crippen LogP) is 5.68. The molecule has 0 spiro atoms. The minimum absolute atomic E-state index is 0.325. The number of amides is 2. The minimum atomic E-state index is -1.03. The van der Waals surface area contributed by atoms with Gasteiger partial charge in [0.15, 0.2) is 0 Å². The monoisotopic (exact) mass is 489 g/mol. The molecule has 2 aromatic carbocycles. The Morgan fingerprint density at radius 1 is 1.14 bits per heavy atom. The van der Waals surface area contributed by atoms with E-state index in [9.17, 15) is 14.7 Å². The van der Waals surface area contributed by atoms with E-state index in [0.29, 0.717) is 25.8 Å². The number of aryl methyl sites for hydroxylation is 1. The Labute approximate surface area is 212 Å². The van der Waals surface area contributed by atoms with Gasteiger partial charge in [0.05, 0.1) is 18.3 Å². The number of fused-ring (bicyclic) bond motifs is 1. The summed E-state index contributed by atoms with van der Waals surface area (Å²) >= 11 is 0. The number of nitrogens with zero attached hydrogens (tertiary/aromatic N) is 2. The third-order valence-corrected chi connectivity index (χ3v) is 6.21. The van der Waals surface area contributed by atoms with Crippen molar-refractivity contribution in [3.05, 3.63) is 72.8 Å². The van der Waals surface area contributed by atoms with Gasteiger partial charge >= 0.3 is 12.0 Å². The number of hydrogen-bond donors (Lipinski definition) is 2. The summed E-state index contributed by atoms with van der Waals surface area (Å²) in [5.41, 5.74) is 3.77. The number of carbonyl (C=O) groups excluding carboxylic acids is 1. The predicted molar refractivity (Wildman–Crippen MR) is 143 cm³/mol. The molecule has 0 saturated carbocycles. The van der Waals surface area contributed by atoms with Crippen LogP contribution in [0.2, 0.25) is 0 Å². The molecule has 0 radical (unpaired) electrons. The van der Waals surface area contributed by atoms with Crippen molar-refractivity contribution in [3.8, 4) is 17.0 Å². The summed E-state index contributed by atoms with van der Waals surface area (Å²) in [7, 11) is 3.31. The number of nitrogens with one attached hydrogen (secondary N) is 1. The number of carbonyl (C=O) groups is 2. The zero-order chi connectivity index (χ0) is 25.9.